The molecule has 0 aliphatic heterocycles. The highest BCUT2D eigenvalue weighted by atomic mass is 32.2. The number of aryl methyl sites for hydroxylation is 1. The molecule has 50 heavy (non-hydrogen) atoms. The first-order valence-corrected chi connectivity index (χ1v) is 17.3. The van der Waals surface area contributed by atoms with Gasteiger partial charge in [0.1, 0.15) is 17.7 Å². The lowest BCUT2D eigenvalue weighted by molar-refractivity contribution is -0.135. The summed E-state index contributed by atoms with van der Waals surface area (Å²) in [4.78, 5) is 57.4. The molecule has 0 aliphatic rings. The zero-order chi connectivity index (χ0) is 37.4. The third-order valence-electron chi connectivity index (χ3n) is 6.02. The number of carbonyl (C=O) groups is 4. The number of carboxylic acid groups (broad SMARTS) is 1. The number of carbonyl (C=O) groups excluding carboxylic acids is 3. The molecule has 1 aromatic heterocycles. The van der Waals surface area contributed by atoms with Gasteiger partial charge in [0.05, 0.1) is 17.9 Å². The van der Waals surface area contributed by atoms with Crippen LogP contribution in [0.2, 0.25) is 0 Å². The molecular formula is C31H40N6O11S2. The number of para-hydroxylation sites is 4. The van der Waals surface area contributed by atoms with Gasteiger partial charge in [-0.15, -0.1) is 5.10 Å². The Labute approximate surface area is 292 Å². The van der Waals surface area contributed by atoms with E-state index in [-0.39, 0.29) is 40.8 Å². The number of aliphatic carboxylic acids is 1. The topological polar surface area (TPSA) is 222 Å². The van der Waals surface area contributed by atoms with E-state index >= 15 is 0 Å². The van der Waals surface area contributed by atoms with Gasteiger partial charge in [0.15, 0.2) is 11.5 Å². The van der Waals surface area contributed by atoms with Crippen molar-refractivity contribution in [2.45, 2.75) is 57.1 Å². The smallest absolute Gasteiger partial charge is 0.480 e. The lowest BCUT2D eigenvalue weighted by atomic mass is 10.2. The van der Waals surface area contributed by atoms with Crippen LogP contribution in [0.1, 0.15) is 41.5 Å². The van der Waals surface area contributed by atoms with Gasteiger partial charge in [0.2, 0.25) is 9.14 Å². The van der Waals surface area contributed by atoms with Crippen molar-refractivity contribution in [1.82, 2.24) is 9.78 Å². The molecule has 0 atom stereocenters. The van der Waals surface area contributed by atoms with Gasteiger partial charge in [-0.25, -0.2) is 27.8 Å². The summed E-state index contributed by atoms with van der Waals surface area (Å²) in [5, 5.41) is 18.8. The number of ether oxygens (including phenoxy) is 4. The van der Waals surface area contributed by atoms with Crippen molar-refractivity contribution < 1.29 is 51.6 Å². The molecule has 0 radical (unpaired) electrons. The fraction of sp³-hybridized carbons (Fsp3) is 0.419. The van der Waals surface area contributed by atoms with E-state index in [4.69, 9.17) is 24.1 Å². The Morgan fingerprint density at radius 3 is 1.68 bits per heavy atom. The van der Waals surface area contributed by atoms with Gasteiger partial charge in [-0.05, 0) is 65.8 Å². The first-order valence-electron chi connectivity index (χ1n) is 15.0. The minimum absolute atomic E-state index is 0.0212. The maximum Gasteiger partial charge on any atom is 0.514 e. The van der Waals surface area contributed by atoms with Crippen molar-refractivity contribution >= 4 is 56.9 Å². The van der Waals surface area contributed by atoms with Crippen molar-refractivity contribution in [3.8, 4) is 11.5 Å². The number of nitrogens with two attached hydrogens (primary N) is 1. The van der Waals surface area contributed by atoms with Crippen LogP contribution in [0.5, 0.6) is 11.5 Å². The lowest BCUT2D eigenvalue weighted by Gasteiger charge is -2.30. The van der Waals surface area contributed by atoms with Crippen LogP contribution in [-0.2, 0) is 36.1 Å². The molecule has 0 spiro atoms. The summed E-state index contributed by atoms with van der Waals surface area (Å²) in [5.74, 6) is -1.91. The number of amides is 1. The van der Waals surface area contributed by atoms with Gasteiger partial charge in [-0.1, -0.05) is 35.6 Å². The number of primary sulfonamides is 1. The third-order valence-corrected chi connectivity index (χ3v) is 8.33. The molecule has 0 bridgehead atoms. The number of carboxylic acids is 1. The van der Waals surface area contributed by atoms with Crippen molar-refractivity contribution in [2.24, 2.45) is 17.2 Å². The Morgan fingerprint density at radius 2 is 1.28 bits per heavy atom. The van der Waals surface area contributed by atoms with Crippen LogP contribution in [0.3, 0.4) is 0 Å². The largest absolute Gasteiger partial charge is 0.514 e. The summed E-state index contributed by atoms with van der Waals surface area (Å²) in [6, 6.07) is 12.5. The summed E-state index contributed by atoms with van der Waals surface area (Å²) in [7, 11) is -2.77. The minimum Gasteiger partial charge on any atom is -0.480 e. The molecule has 1 heterocycles. The summed E-state index contributed by atoms with van der Waals surface area (Å²) in [6.45, 7) is 8.85. The van der Waals surface area contributed by atoms with Gasteiger partial charge in [0, 0.05) is 20.1 Å². The van der Waals surface area contributed by atoms with Gasteiger partial charge in [-0.3, -0.25) is 9.59 Å². The Bertz CT molecular complexity index is 1890. The number of aromatic nitrogens is 2. The zero-order valence-electron chi connectivity index (χ0n) is 28.6. The quantitative estimate of drug-likeness (QED) is 0.201. The Balaban J connectivity index is 2.02. The molecule has 0 fully saturated rings. The number of benzene rings is 2. The van der Waals surface area contributed by atoms with Crippen LogP contribution in [0, 0.1) is 0 Å². The molecule has 19 heteroatoms. The third kappa shape index (κ3) is 12.5. The molecule has 0 saturated carbocycles. The second kappa shape index (κ2) is 16.1. The Morgan fingerprint density at radius 1 is 0.840 bits per heavy atom. The van der Waals surface area contributed by atoms with E-state index < -0.39 is 62.8 Å². The molecule has 3 N–H and O–H groups in total. The first-order chi connectivity index (χ1) is 23.1. The first kappa shape index (κ1) is 39.4. The highest BCUT2D eigenvalue weighted by Gasteiger charge is 2.25. The van der Waals surface area contributed by atoms with E-state index in [1.807, 2.05) is 0 Å². The van der Waals surface area contributed by atoms with Crippen LogP contribution in [0.4, 0.5) is 21.0 Å². The molecule has 1 amide bonds. The molecule has 0 aliphatic carbocycles. The van der Waals surface area contributed by atoms with Crippen LogP contribution >= 0.6 is 11.3 Å². The van der Waals surface area contributed by atoms with Crippen LogP contribution in [0.25, 0.3) is 0 Å². The van der Waals surface area contributed by atoms with Crippen molar-refractivity contribution in [1.29, 1.82) is 0 Å². The summed E-state index contributed by atoms with van der Waals surface area (Å²) >= 11 is 0.588. The maximum absolute atomic E-state index is 13.4. The fourth-order valence-electron chi connectivity index (χ4n) is 4.15. The van der Waals surface area contributed by atoms with Crippen LogP contribution in [-0.4, -0.2) is 84.9 Å². The molecule has 17 nitrogen and oxygen atoms in total. The van der Waals surface area contributed by atoms with E-state index in [0.717, 1.165) is 4.68 Å². The molecule has 3 rings (SSSR count). The van der Waals surface area contributed by atoms with Crippen LogP contribution in [0.15, 0.2) is 57.9 Å². The van der Waals surface area contributed by atoms with Crippen molar-refractivity contribution in [2.75, 3.05) is 36.0 Å². The van der Waals surface area contributed by atoms with E-state index in [1.165, 1.54) is 29.0 Å². The standard InChI is InChI=1S/C31H40N6O11S2/c1-30(2,3)47-28(41)45-22-14-10-8-12-20(22)36(18-24(38)33-26-35(7)34-27(49-26)50(32,43)44)16-17-37(19-25(39)40)21-13-9-11-15-23(21)46-29(42)48-31(4,5)6/h8-15H,16-19H2,1-7H3,(H,39,40)(H2,32,43,44). The SMILES string of the molecule is Cn1nc(S(N)(=O)=O)sc1=NC(=O)CN(CCN(CC(=O)O)c1ccccc1OC(=O)OC(C)(C)C)c1ccccc1OC(=O)OC(C)(C)C. The molecule has 272 valence electrons. The number of nitrogens with zero attached hydrogens (tertiary/aromatic N) is 5. The molecular weight excluding hydrogens is 697 g/mol. The average Bonchev–Trinajstić information content (AvgIpc) is 3.33. The Hall–Kier alpha value is -5.01. The number of rotatable bonds is 12. The number of sulfonamides is 1. The lowest BCUT2D eigenvalue weighted by Crippen LogP contribution is -2.40. The van der Waals surface area contributed by atoms with Crippen molar-refractivity contribution in [3.63, 3.8) is 0 Å². The zero-order valence-corrected chi connectivity index (χ0v) is 30.2. The predicted octanol–water partition coefficient (Wildman–Crippen LogP) is 3.28. The van der Waals surface area contributed by atoms with Gasteiger partial charge in [0.25, 0.3) is 15.9 Å². The van der Waals surface area contributed by atoms with E-state index in [1.54, 1.807) is 77.9 Å². The fourth-order valence-corrected chi connectivity index (χ4v) is 5.71. The van der Waals surface area contributed by atoms with Crippen LogP contribution < -0.4 is 29.2 Å². The van der Waals surface area contributed by atoms with Gasteiger partial charge in [-0.2, -0.15) is 4.99 Å². The summed E-state index contributed by atoms with van der Waals surface area (Å²) in [6.07, 6.45) is -2.00. The van der Waals surface area contributed by atoms with E-state index in [2.05, 4.69) is 10.1 Å². The summed E-state index contributed by atoms with van der Waals surface area (Å²) in [5.41, 5.74) is -1.24. The van der Waals surface area contributed by atoms with Gasteiger partial charge < -0.3 is 33.9 Å². The second-order valence-electron chi connectivity index (χ2n) is 12.6. The normalized spacial score (nSPS) is 12.2. The highest BCUT2D eigenvalue weighted by molar-refractivity contribution is 7.91. The van der Waals surface area contributed by atoms with E-state index in [0.29, 0.717) is 11.3 Å². The molecule has 3 aromatic rings. The number of hydrogen-bond acceptors (Lipinski definition) is 14. The van der Waals surface area contributed by atoms with Gasteiger partial charge >= 0.3 is 18.3 Å². The maximum atomic E-state index is 13.4. The van der Waals surface area contributed by atoms with E-state index in [9.17, 15) is 32.7 Å². The predicted molar refractivity (Wildman–Crippen MR) is 182 cm³/mol. The van der Waals surface area contributed by atoms with Crippen molar-refractivity contribution in [3.05, 3.63) is 53.3 Å². The average molecular weight is 737 g/mol. The minimum atomic E-state index is -4.16. The summed E-state index contributed by atoms with van der Waals surface area (Å²) < 4.78 is 45.7. The Kier molecular flexibility index (Phi) is 12.7. The number of hydrogen-bond donors (Lipinski definition) is 2. The monoisotopic (exact) mass is 736 g/mol. The molecule has 0 unspecified atom stereocenters. The highest BCUT2D eigenvalue weighted by Crippen LogP contribution is 2.31. The molecule has 2 aromatic carbocycles. The molecule has 0 saturated heterocycles. The number of anilines is 2. The second-order valence-corrected chi connectivity index (χ2v) is 15.3.